The van der Waals surface area contributed by atoms with Crippen molar-refractivity contribution in [1.29, 1.82) is 0 Å². The fourth-order valence-electron chi connectivity index (χ4n) is 2.38. The van der Waals surface area contributed by atoms with Crippen LogP contribution in [0.5, 0.6) is 0 Å². The van der Waals surface area contributed by atoms with Gasteiger partial charge in [-0.2, -0.15) is 0 Å². The van der Waals surface area contributed by atoms with Crippen LogP contribution in [-0.4, -0.2) is 60.5 Å². The molecule has 98 valence electrons. The van der Waals surface area contributed by atoms with E-state index in [2.05, 4.69) is 29.2 Å². The van der Waals surface area contributed by atoms with E-state index in [0.717, 1.165) is 25.3 Å². The van der Waals surface area contributed by atoms with Crippen molar-refractivity contribution < 1.29 is 4.79 Å². The Hall–Kier alpha value is -1.62. The second-order valence-corrected chi connectivity index (χ2v) is 4.78. The van der Waals surface area contributed by atoms with E-state index in [1.54, 1.807) is 12.4 Å². The van der Waals surface area contributed by atoms with Crippen molar-refractivity contribution in [3.8, 4) is 0 Å². The molecule has 1 atom stereocenters. The Morgan fingerprint density at radius 1 is 1.50 bits per heavy atom. The molecule has 1 aromatic rings. The minimum Gasteiger partial charge on any atom is -0.387 e. The van der Waals surface area contributed by atoms with E-state index >= 15 is 0 Å². The molecule has 1 amide bonds. The van der Waals surface area contributed by atoms with Gasteiger partial charge in [-0.3, -0.25) is 9.78 Å². The molecule has 2 rings (SSSR count). The highest BCUT2D eigenvalue weighted by Gasteiger charge is 2.27. The summed E-state index contributed by atoms with van der Waals surface area (Å²) in [5.74, 6) is 0.0630. The number of amides is 1. The quantitative estimate of drug-likeness (QED) is 0.845. The van der Waals surface area contributed by atoms with Crippen molar-refractivity contribution in [2.24, 2.45) is 0 Å². The number of nitrogens with zero attached hydrogens (tertiary/aromatic N) is 3. The van der Waals surface area contributed by atoms with E-state index < -0.39 is 0 Å². The normalized spacial score (nSPS) is 20.8. The summed E-state index contributed by atoms with van der Waals surface area (Å²) < 4.78 is 0. The highest BCUT2D eigenvalue weighted by molar-refractivity contribution is 5.99. The summed E-state index contributed by atoms with van der Waals surface area (Å²) in [5, 5.41) is 3.04. The molecule has 1 saturated heterocycles. The zero-order valence-corrected chi connectivity index (χ0v) is 11.2. The second kappa shape index (κ2) is 5.35. The number of pyridine rings is 1. The number of hydrogen-bond donors (Lipinski definition) is 1. The number of aromatic nitrogens is 1. The van der Waals surface area contributed by atoms with E-state index in [0.29, 0.717) is 5.56 Å². The first-order valence-corrected chi connectivity index (χ1v) is 6.24. The van der Waals surface area contributed by atoms with Crippen LogP contribution in [0.3, 0.4) is 0 Å². The molecule has 0 aromatic carbocycles. The van der Waals surface area contributed by atoms with Crippen molar-refractivity contribution in [2.45, 2.75) is 13.0 Å². The molecule has 0 aliphatic carbocycles. The lowest BCUT2D eigenvalue weighted by Gasteiger charge is -2.38. The first-order chi connectivity index (χ1) is 8.63. The predicted molar refractivity (Wildman–Crippen MR) is 71.8 cm³/mol. The first kappa shape index (κ1) is 12.8. The zero-order chi connectivity index (χ0) is 13.1. The third-order valence-electron chi connectivity index (χ3n) is 3.41. The van der Waals surface area contributed by atoms with Gasteiger partial charge in [-0.1, -0.05) is 0 Å². The van der Waals surface area contributed by atoms with E-state index in [9.17, 15) is 4.79 Å². The number of nitrogens with one attached hydrogen (secondary N) is 1. The number of carbonyl (C=O) groups is 1. The van der Waals surface area contributed by atoms with E-state index in [-0.39, 0.29) is 11.9 Å². The second-order valence-electron chi connectivity index (χ2n) is 4.78. The van der Waals surface area contributed by atoms with Crippen LogP contribution >= 0.6 is 0 Å². The zero-order valence-electron chi connectivity index (χ0n) is 11.2. The van der Waals surface area contributed by atoms with Gasteiger partial charge in [0.15, 0.2) is 0 Å². The lowest BCUT2D eigenvalue weighted by Crippen LogP contribution is -2.52. The molecular weight excluding hydrogens is 228 g/mol. The number of likely N-dealkylation sites (N-methyl/N-ethyl adjacent to an activating group) is 1. The van der Waals surface area contributed by atoms with Gasteiger partial charge in [0.1, 0.15) is 0 Å². The highest BCUT2D eigenvalue weighted by Crippen LogP contribution is 2.18. The average Bonchev–Trinajstić information content (AvgIpc) is 2.38. The molecular formula is C13H20N4O. The number of hydrogen-bond acceptors (Lipinski definition) is 4. The van der Waals surface area contributed by atoms with Crippen molar-refractivity contribution in [3.05, 3.63) is 24.0 Å². The molecule has 0 spiro atoms. The van der Waals surface area contributed by atoms with E-state index in [1.165, 1.54) is 0 Å². The van der Waals surface area contributed by atoms with Crippen LogP contribution in [0.4, 0.5) is 5.69 Å². The van der Waals surface area contributed by atoms with Crippen LogP contribution in [0.15, 0.2) is 18.5 Å². The van der Waals surface area contributed by atoms with Crippen molar-refractivity contribution in [1.82, 2.24) is 14.8 Å². The van der Waals surface area contributed by atoms with Crippen molar-refractivity contribution in [2.75, 3.05) is 39.0 Å². The summed E-state index contributed by atoms with van der Waals surface area (Å²) in [6.45, 7) is 4.70. The molecule has 0 bridgehead atoms. The molecule has 1 aliphatic heterocycles. The Bertz CT molecular complexity index is 435. The van der Waals surface area contributed by atoms with Gasteiger partial charge in [-0.15, -0.1) is 0 Å². The fraction of sp³-hybridized carbons (Fsp3) is 0.538. The maximum atomic E-state index is 12.5. The van der Waals surface area contributed by atoms with Crippen LogP contribution in [0.1, 0.15) is 17.3 Å². The lowest BCUT2D eigenvalue weighted by atomic mass is 10.1. The van der Waals surface area contributed by atoms with Crippen LogP contribution in [0, 0.1) is 0 Å². The fourth-order valence-corrected chi connectivity index (χ4v) is 2.38. The summed E-state index contributed by atoms with van der Waals surface area (Å²) in [4.78, 5) is 20.8. The summed E-state index contributed by atoms with van der Waals surface area (Å²) in [7, 11) is 3.90. The van der Waals surface area contributed by atoms with Crippen LogP contribution in [-0.2, 0) is 0 Å². The molecule has 5 heteroatoms. The SMILES string of the molecule is CNc1ccncc1C(=O)N1CCN(C)CC1C. The minimum absolute atomic E-state index is 0.0630. The third kappa shape index (κ3) is 2.46. The monoisotopic (exact) mass is 248 g/mol. The maximum absolute atomic E-state index is 12.5. The van der Waals surface area contributed by atoms with Gasteiger partial charge in [0.2, 0.25) is 0 Å². The Labute approximate surface area is 108 Å². The van der Waals surface area contributed by atoms with Gasteiger partial charge in [-0.25, -0.2) is 0 Å². The van der Waals surface area contributed by atoms with Gasteiger partial charge >= 0.3 is 0 Å². The topological polar surface area (TPSA) is 48.5 Å². The van der Waals surface area contributed by atoms with Gasteiger partial charge in [-0.05, 0) is 20.0 Å². The lowest BCUT2D eigenvalue weighted by molar-refractivity contribution is 0.0534. The first-order valence-electron chi connectivity index (χ1n) is 6.24. The molecule has 5 nitrogen and oxygen atoms in total. The smallest absolute Gasteiger partial charge is 0.257 e. The van der Waals surface area contributed by atoms with Gasteiger partial charge < -0.3 is 15.1 Å². The molecule has 1 unspecified atom stereocenters. The third-order valence-corrected chi connectivity index (χ3v) is 3.41. The summed E-state index contributed by atoms with van der Waals surface area (Å²) in [5.41, 5.74) is 1.48. The van der Waals surface area contributed by atoms with Crippen LogP contribution in [0.2, 0.25) is 0 Å². The Morgan fingerprint density at radius 2 is 2.28 bits per heavy atom. The van der Waals surface area contributed by atoms with Crippen molar-refractivity contribution >= 4 is 11.6 Å². The number of rotatable bonds is 2. The highest BCUT2D eigenvalue weighted by atomic mass is 16.2. The average molecular weight is 248 g/mol. The minimum atomic E-state index is 0.0630. The number of piperazine rings is 1. The Morgan fingerprint density at radius 3 is 2.94 bits per heavy atom. The van der Waals surface area contributed by atoms with E-state index in [4.69, 9.17) is 0 Å². The van der Waals surface area contributed by atoms with Crippen molar-refractivity contribution in [3.63, 3.8) is 0 Å². The summed E-state index contributed by atoms with van der Waals surface area (Å²) in [6.07, 6.45) is 3.33. The van der Waals surface area contributed by atoms with E-state index in [1.807, 2.05) is 18.0 Å². The van der Waals surface area contributed by atoms with Gasteiger partial charge in [0.05, 0.1) is 5.56 Å². The van der Waals surface area contributed by atoms with Gasteiger partial charge in [0.25, 0.3) is 5.91 Å². The van der Waals surface area contributed by atoms with Crippen LogP contribution in [0.25, 0.3) is 0 Å². The molecule has 0 saturated carbocycles. The molecule has 1 fully saturated rings. The molecule has 0 radical (unpaired) electrons. The molecule has 1 N–H and O–H groups in total. The molecule has 18 heavy (non-hydrogen) atoms. The summed E-state index contributed by atoms with van der Waals surface area (Å²) >= 11 is 0. The number of anilines is 1. The molecule has 1 aliphatic rings. The standard InChI is InChI=1S/C13H20N4O/c1-10-9-16(3)6-7-17(10)13(18)11-8-15-5-4-12(11)14-2/h4-5,8,10H,6-7,9H2,1-3H3,(H,14,15). The number of carbonyl (C=O) groups excluding carboxylic acids is 1. The Kier molecular flexibility index (Phi) is 3.81. The van der Waals surface area contributed by atoms with Gasteiger partial charge in [0, 0.05) is 50.8 Å². The summed E-state index contributed by atoms with van der Waals surface area (Å²) in [6, 6.07) is 2.06. The largest absolute Gasteiger partial charge is 0.387 e. The molecule has 1 aromatic heterocycles. The predicted octanol–water partition coefficient (Wildman–Crippen LogP) is 0.899. The van der Waals surface area contributed by atoms with Crippen LogP contribution < -0.4 is 5.32 Å². The maximum Gasteiger partial charge on any atom is 0.257 e. The Balaban J connectivity index is 2.20. The molecule has 2 heterocycles.